The van der Waals surface area contributed by atoms with Crippen molar-refractivity contribution < 1.29 is 9.21 Å². The normalized spacial score (nSPS) is 10.6. The van der Waals surface area contributed by atoms with Crippen LogP contribution in [0.1, 0.15) is 17.0 Å². The Kier molecular flexibility index (Phi) is 5.88. The van der Waals surface area contributed by atoms with E-state index in [1.54, 1.807) is 0 Å². The maximum atomic E-state index is 12.0. The quantitative estimate of drug-likeness (QED) is 0.599. The topological polar surface area (TPSA) is 68.0 Å². The molecule has 3 aromatic rings. The van der Waals surface area contributed by atoms with Crippen molar-refractivity contribution in [3.63, 3.8) is 0 Å². The molecule has 0 spiro atoms. The molecule has 0 unspecified atom stereocenters. The number of halogens is 1. The van der Waals surface area contributed by atoms with Crippen molar-refractivity contribution in [3.8, 4) is 0 Å². The van der Waals surface area contributed by atoms with E-state index in [0.717, 1.165) is 15.7 Å². The van der Waals surface area contributed by atoms with Crippen LogP contribution in [-0.2, 0) is 11.2 Å². The molecule has 7 heteroatoms. The molecule has 3 rings (SSSR count). The highest BCUT2D eigenvalue weighted by Crippen LogP contribution is 2.22. The lowest BCUT2D eigenvalue weighted by atomic mass is 10.1. The highest BCUT2D eigenvalue weighted by Gasteiger charge is 2.11. The third-order valence-corrected chi connectivity index (χ3v) is 4.91. The van der Waals surface area contributed by atoms with Crippen LogP contribution in [0.4, 0.5) is 5.69 Å². The highest BCUT2D eigenvalue weighted by atomic mass is 79.9. The molecule has 0 fully saturated rings. The number of hydrogen-bond donors (Lipinski definition) is 1. The predicted octanol–water partition coefficient (Wildman–Crippen LogP) is 4.46. The summed E-state index contributed by atoms with van der Waals surface area (Å²) >= 11 is 4.62. The minimum absolute atomic E-state index is 0.129. The first-order valence-corrected chi connectivity index (χ1v) is 9.43. The molecule has 0 atom stereocenters. The van der Waals surface area contributed by atoms with E-state index in [4.69, 9.17) is 4.42 Å². The van der Waals surface area contributed by atoms with Gasteiger partial charge in [-0.3, -0.25) is 4.79 Å². The van der Waals surface area contributed by atoms with Gasteiger partial charge in [0.1, 0.15) is 0 Å². The van der Waals surface area contributed by atoms with Crippen molar-refractivity contribution in [2.45, 2.75) is 18.6 Å². The molecule has 0 aliphatic rings. The molecule has 0 saturated heterocycles. The van der Waals surface area contributed by atoms with Gasteiger partial charge in [0, 0.05) is 4.47 Å². The van der Waals surface area contributed by atoms with E-state index in [1.807, 2.05) is 55.5 Å². The monoisotopic (exact) mass is 417 g/mol. The van der Waals surface area contributed by atoms with Crippen LogP contribution in [0.2, 0.25) is 0 Å². The molecule has 2 aromatic carbocycles. The van der Waals surface area contributed by atoms with Gasteiger partial charge in [0.25, 0.3) is 5.22 Å². The van der Waals surface area contributed by atoms with Crippen molar-refractivity contribution in [3.05, 3.63) is 70.0 Å². The number of benzene rings is 2. The zero-order chi connectivity index (χ0) is 17.6. The fourth-order valence-electron chi connectivity index (χ4n) is 2.12. The van der Waals surface area contributed by atoms with Gasteiger partial charge in [0.15, 0.2) is 0 Å². The second-order valence-corrected chi connectivity index (χ2v) is 7.22. The van der Waals surface area contributed by atoms with Crippen LogP contribution in [0.15, 0.2) is 62.6 Å². The lowest BCUT2D eigenvalue weighted by Gasteiger charge is -2.05. The summed E-state index contributed by atoms with van der Waals surface area (Å²) in [6, 6.07) is 15.6. The summed E-state index contributed by atoms with van der Waals surface area (Å²) in [5.41, 5.74) is 3.05. The Hall–Kier alpha value is -2.12. The number of nitrogens with zero attached hydrogens (tertiary/aromatic N) is 2. The second kappa shape index (κ2) is 8.31. The summed E-state index contributed by atoms with van der Waals surface area (Å²) in [6.45, 7) is 2.05. The van der Waals surface area contributed by atoms with Gasteiger partial charge in [-0.1, -0.05) is 53.7 Å². The van der Waals surface area contributed by atoms with Crippen molar-refractivity contribution in [2.75, 3.05) is 11.1 Å². The molecule has 0 aliphatic carbocycles. The number of aryl methyl sites for hydroxylation is 1. The molecule has 128 valence electrons. The highest BCUT2D eigenvalue weighted by molar-refractivity contribution is 9.10. The number of hydrogen-bond acceptors (Lipinski definition) is 5. The number of thioether (sulfide) groups is 1. The van der Waals surface area contributed by atoms with E-state index in [9.17, 15) is 4.79 Å². The van der Waals surface area contributed by atoms with Crippen molar-refractivity contribution in [1.82, 2.24) is 10.2 Å². The molecule has 1 aromatic heterocycles. The number of carbonyl (C=O) groups is 1. The van der Waals surface area contributed by atoms with E-state index < -0.39 is 0 Å². The Labute approximate surface area is 158 Å². The Morgan fingerprint density at radius 3 is 2.68 bits per heavy atom. The van der Waals surface area contributed by atoms with Gasteiger partial charge in [0.2, 0.25) is 11.8 Å². The SMILES string of the molecule is Cc1ccc(Cc2nnc(SCC(=O)Nc3ccccc3Br)o2)cc1. The predicted molar refractivity (Wildman–Crippen MR) is 102 cm³/mol. The van der Waals surface area contributed by atoms with Crippen LogP contribution in [0.5, 0.6) is 0 Å². The number of rotatable bonds is 6. The number of anilines is 1. The van der Waals surface area contributed by atoms with E-state index in [1.165, 1.54) is 17.3 Å². The van der Waals surface area contributed by atoms with Gasteiger partial charge in [-0.15, -0.1) is 10.2 Å². The molecule has 0 bridgehead atoms. The third kappa shape index (κ3) is 5.17. The molecule has 1 amide bonds. The standard InChI is InChI=1S/C18H16BrN3O2S/c1-12-6-8-13(9-7-12)10-17-21-22-18(24-17)25-11-16(23)20-15-5-3-2-4-14(15)19/h2-9H,10-11H2,1H3,(H,20,23). The van der Waals surface area contributed by atoms with Crippen LogP contribution < -0.4 is 5.32 Å². The molecule has 1 N–H and O–H groups in total. The number of aromatic nitrogens is 2. The zero-order valence-electron chi connectivity index (χ0n) is 13.5. The first-order valence-electron chi connectivity index (χ1n) is 7.65. The first kappa shape index (κ1) is 17.7. The number of amides is 1. The van der Waals surface area contributed by atoms with E-state index in [-0.39, 0.29) is 11.7 Å². The summed E-state index contributed by atoms with van der Waals surface area (Å²) in [6.07, 6.45) is 0.580. The van der Waals surface area contributed by atoms with Crippen LogP contribution in [0, 0.1) is 6.92 Å². The van der Waals surface area contributed by atoms with Crippen molar-refractivity contribution >= 4 is 39.3 Å². The maximum absolute atomic E-state index is 12.0. The van der Waals surface area contributed by atoms with E-state index in [0.29, 0.717) is 17.5 Å². The third-order valence-electron chi connectivity index (χ3n) is 3.40. The minimum Gasteiger partial charge on any atom is -0.416 e. The Bertz CT molecular complexity index is 865. The largest absolute Gasteiger partial charge is 0.416 e. The number of nitrogens with one attached hydrogen (secondary N) is 1. The molecule has 0 aliphatic heterocycles. The zero-order valence-corrected chi connectivity index (χ0v) is 15.9. The molecule has 25 heavy (non-hydrogen) atoms. The summed E-state index contributed by atoms with van der Waals surface area (Å²) in [7, 11) is 0. The lowest BCUT2D eigenvalue weighted by Crippen LogP contribution is -2.14. The van der Waals surface area contributed by atoms with Crippen LogP contribution in [0.25, 0.3) is 0 Å². The summed E-state index contributed by atoms with van der Waals surface area (Å²) in [5.74, 6) is 0.612. The molecular weight excluding hydrogens is 402 g/mol. The summed E-state index contributed by atoms with van der Waals surface area (Å²) < 4.78 is 6.43. The van der Waals surface area contributed by atoms with Gasteiger partial charge in [-0.25, -0.2) is 0 Å². The second-order valence-electron chi connectivity index (χ2n) is 5.44. The van der Waals surface area contributed by atoms with Crippen molar-refractivity contribution in [2.24, 2.45) is 0 Å². The average Bonchev–Trinajstić information content (AvgIpc) is 3.05. The van der Waals surface area contributed by atoms with Gasteiger partial charge < -0.3 is 9.73 Å². The molecule has 0 radical (unpaired) electrons. The Balaban J connectivity index is 1.52. The smallest absolute Gasteiger partial charge is 0.277 e. The average molecular weight is 418 g/mol. The molecular formula is C18H16BrN3O2S. The van der Waals surface area contributed by atoms with Crippen LogP contribution in [-0.4, -0.2) is 21.9 Å². The Morgan fingerprint density at radius 1 is 1.16 bits per heavy atom. The Morgan fingerprint density at radius 2 is 1.92 bits per heavy atom. The van der Waals surface area contributed by atoms with Crippen molar-refractivity contribution in [1.29, 1.82) is 0 Å². The van der Waals surface area contributed by atoms with E-state index in [2.05, 4.69) is 31.4 Å². The lowest BCUT2D eigenvalue weighted by molar-refractivity contribution is -0.113. The van der Waals surface area contributed by atoms with Gasteiger partial charge in [0.05, 0.1) is 17.9 Å². The van der Waals surface area contributed by atoms with E-state index >= 15 is 0 Å². The summed E-state index contributed by atoms with van der Waals surface area (Å²) in [5, 5.41) is 11.2. The van der Waals surface area contributed by atoms with Crippen LogP contribution in [0.3, 0.4) is 0 Å². The minimum atomic E-state index is -0.129. The fourth-order valence-corrected chi connectivity index (χ4v) is 3.09. The molecule has 0 saturated carbocycles. The van der Waals surface area contributed by atoms with Crippen LogP contribution >= 0.6 is 27.7 Å². The molecule has 1 heterocycles. The first-order chi connectivity index (χ1) is 12.1. The number of para-hydroxylation sites is 1. The van der Waals surface area contributed by atoms with Gasteiger partial charge in [-0.05, 0) is 40.5 Å². The number of carbonyl (C=O) groups excluding carboxylic acids is 1. The van der Waals surface area contributed by atoms with Gasteiger partial charge >= 0.3 is 0 Å². The maximum Gasteiger partial charge on any atom is 0.277 e. The van der Waals surface area contributed by atoms with Gasteiger partial charge in [-0.2, -0.15) is 0 Å². The summed E-state index contributed by atoms with van der Waals surface area (Å²) in [4.78, 5) is 12.0. The fraction of sp³-hybridized carbons (Fsp3) is 0.167. The molecule has 5 nitrogen and oxygen atoms in total.